The van der Waals surface area contributed by atoms with Gasteiger partial charge in [0, 0.05) is 17.0 Å². The number of methoxy groups -OCH3 is 1. The molecule has 0 amide bonds. The van der Waals surface area contributed by atoms with Crippen LogP contribution in [-0.4, -0.2) is 19.7 Å². The molecule has 1 atom stereocenters. The van der Waals surface area contributed by atoms with Crippen LogP contribution in [0.3, 0.4) is 0 Å². The molecule has 0 fully saturated rings. The van der Waals surface area contributed by atoms with Crippen LogP contribution < -0.4 is 4.74 Å². The highest BCUT2D eigenvalue weighted by Crippen LogP contribution is 2.45. The summed E-state index contributed by atoms with van der Waals surface area (Å²) in [5, 5.41) is 0. The topological polar surface area (TPSA) is 35.5 Å². The minimum absolute atomic E-state index is 0.00545. The Balaban J connectivity index is 2.54. The van der Waals surface area contributed by atoms with Crippen molar-refractivity contribution < 1.29 is 14.3 Å². The summed E-state index contributed by atoms with van der Waals surface area (Å²) in [6.45, 7) is 13.8. The maximum atomic E-state index is 11.7. The average molecular weight is 304 g/mol. The van der Waals surface area contributed by atoms with E-state index in [0.717, 1.165) is 11.3 Å². The van der Waals surface area contributed by atoms with Crippen molar-refractivity contribution in [3.63, 3.8) is 0 Å². The molecule has 0 saturated heterocycles. The first-order chi connectivity index (χ1) is 10.0. The normalized spacial score (nSPS) is 17.9. The molecule has 1 aliphatic rings. The second-order valence-corrected chi connectivity index (χ2v) is 8.23. The molecule has 1 aromatic rings. The van der Waals surface area contributed by atoms with Crippen LogP contribution in [0.2, 0.25) is 0 Å². The summed E-state index contributed by atoms with van der Waals surface area (Å²) in [4.78, 5) is 11.7. The van der Waals surface area contributed by atoms with E-state index in [1.54, 1.807) is 0 Å². The van der Waals surface area contributed by atoms with Crippen molar-refractivity contribution in [3.8, 4) is 5.75 Å². The smallest absolute Gasteiger partial charge is 0.306 e. The Kier molecular flexibility index (Phi) is 4.29. The molecule has 0 saturated carbocycles. The second-order valence-electron chi connectivity index (χ2n) is 8.23. The van der Waals surface area contributed by atoms with Gasteiger partial charge in [-0.15, -0.1) is 0 Å². The lowest BCUT2D eigenvalue weighted by Crippen LogP contribution is -2.17. The van der Waals surface area contributed by atoms with Gasteiger partial charge in [-0.25, -0.2) is 0 Å². The fourth-order valence-electron chi connectivity index (χ4n) is 2.83. The van der Waals surface area contributed by atoms with E-state index in [4.69, 9.17) is 9.47 Å². The molecule has 0 N–H and O–H groups in total. The third-order valence-electron chi connectivity index (χ3n) is 4.30. The van der Waals surface area contributed by atoms with Crippen molar-refractivity contribution in [1.82, 2.24) is 0 Å². The van der Waals surface area contributed by atoms with Crippen molar-refractivity contribution in [2.75, 3.05) is 13.7 Å². The van der Waals surface area contributed by atoms with Crippen molar-refractivity contribution in [2.24, 2.45) is 0 Å². The monoisotopic (exact) mass is 304 g/mol. The number of carbonyl (C=O) groups is 1. The molecule has 0 bridgehead atoms. The van der Waals surface area contributed by atoms with Crippen molar-refractivity contribution in [2.45, 2.75) is 64.7 Å². The number of esters is 1. The minimum Gasteiger partial charge on any atom is -0.492 e. The lowest BCUT2D eigenvalue weighted by Gasteiger charge is -2.27. The number of hydrogen-bond acceptors (Lipinski definition) is 3. The third-order valence-corrected chi connectivity index (χ3v) is 4.30. The highest BCUT2D eigenvalue weighted by molar-refractivity contribution is 5.71. The van der Waals surface area contributed by atoms with E-state index in [9.17, 15) is 4.79 Å². The highest BCUT2D eigenvalue weighted by atomic mass is 16.5. The molecule has 0 aromatic heterocycles. The van der Waals surface area contributed by atoms with Gasteiger partial charge in [0.1, 0.15) is 5.75 Å². The molecule has 1 aliphatic heterocycles. The Morgan fingerprint density at radius 3 is 2.32 bits per heavy atom. The van der Waals surface area contributed by atoms with E-state index in [1.165, 1.54) is 18.2 Å². The number of hydrogen-bond donors (Lipinski definition) is 0. The van der Waals surface area contributed by atoms with Crippen LogP contribution >= 0.6 is 0 Å². The predicted octanol–water partition coefficient (Wildman–Crippen LogP) is 4.32. The van der Waals surface area contributed by atoms with Gasteiger partial charge in [0.05, 0.1) is 20.1 Å². The van der Waals surface area contributed by atoms with Gasteiger partial charge in [-0.1, -0.05) is 53.7 Å². The van der Waals surface area contributed by atoms with Gasteiger partial charge in [0.25, 0.3) is 0 Å². The van der Waals surface area contributed by atoms with E-state index >= 15 is 0 Å². The molecule has 122 valence electrons. The zero-order valence-electron chi connectivity index (χ0n) is 14.9. The SMILES string of the molecule is COC(=O)CC1COc2c1cc(C(C)(C)C)cc2C(C)(C)C. The molecular weight excluding hydrogens is 276 g/mol. The molecular formula is C19H28O3. The van der Waals surface area contributed by atoms with E-state index < -0.39 is 0 Å². The maximum absolute atomic E-state index is 11.7. The van der Waals surface area contributed by atoms with Crippen LogP contribution in [0.15, 0.2) is 12.1 Å². The summed E-state index contributed by atoms with van der Waals surface area (Å²) in [5.74, 6) is 0.875. The summed E-state index contributed by atoms with van der Waals surface area (Å²) in [7, 11) is 1.44. The van der Waals surface area contributed by atoms with Gasteiger partial charge in [0.2, 0.25) is 0 Å². The predicted molar refractivity (Wildman–Crippen MR) is 88.7 cm³/mol. The van der Waals surface area contributed by atoms with Gasteiger partial charge < -0.3 is 9.47 Å². The first-order valence-corrected chi connectivity index (χ1v) is 7.92. The molecule has 3 heteroatoms. The second kappa shape index (κ2) is 5.60. The van der Waals surface area contributed by atoms with E-state index in [-0.39, 0.29) is 22.7 Å². The van der Waals surface area contributed by atoms with E-state index in [1.807, 2.05) is 0 Å². The van der Waals surface area contributed by atoms with Crippen molar-refractivity contribution in [3.05, 3.63) is 28.8 Å². The number of carbonyl (C=O) groups excluding carboxylic acids is 1. The lowest BCUT2D eigenvalue weighted by molar-refractivity contribution is -0.141. The molecule has 22 heavy (non-hydrogen) atoms. The molecule has 2 rings (SSSR count). The van der Waals surface area contributed by atoms with E-state index in [0.29, 0.717) is 13.0 Å². The molecule has 0 spiro atoms. The molecule has 1 unspecified atom stereocenters. The zero-order chi connectivity index (χ0) is 16.7. The standard InChI is InChI=1S/C19H28O3/c1-18(2,3)13-9-14-12(8-16(20)21-7)11-22-17(14)15(10-13)19(4,5)6/h9-10,12H,8,11H2,1-7H3. The Morgan fingerprint density at radius 1 is 1.18 bits per heavy atom. The maximum Gasteiger partial charge on any atom is 0.306 e. The Hall–Kier alpha value is -1.51. The van der Waals surface area contributed by atoms with Gasteiger partial charge in [0.15, 0.2) is 0 Å². The molecule has 0 aliphatic carbocycles. The molecule has 0 radical (unpaired) electrons. The minimum atomic E-state index is -0.181. The highest BCUT2D eigenvalue weighted by Gasteiger charge is 2.34. The largest absolute Gasteiger partial charge is 0.492 e. The Bertz CT molecular complexity index is 574. The number of benzene rings is 1. The first kappa shape index (κ1) is 16.9. The van der Waals surface area contributed by atoms with Crippen LogP contribution in [0.1, 0.15) is 70.6 Å². The number of ether oxygens (including phenoxy) is 2. The van der Waals surface area contributed by atoms with Crippen LogP contribution in [-0.2, 0) is 20.4 Å². The fraction of sp³-hybridized carbons (Fsp3) is 0.632. The summed E-state index contributed by atoms with van der Waals surface area (Å²) in [6.07, 6.45) is 0.376. The summed E-state index contributed by atoms with van der Waals surface area (Å²) < 4.78 is 10.8. The van der Waals surface area contributed by atoms with Crippen LogP contribution in [0.4, 0.5) is 0 Å². The summed E-state index contributed by atoms with van der Waals surface area (Å²) in [6, 6.07) is 4.48. The molecule has 3 nitrogen and oxygen atoms in total. The van der Waals surface area contributed by atoms with Gasteiger partial charge in [-0.3, -0.25) is 4.79 Å². The zero-order valence-corrected chi connectivity index (χ0v) is 14.9. The number of rotatable bonds is 2. The first-order valence-electron chi connectivity index (χ1n) is 7.92. The molecule has 1 heterocycles. The van der Waals surface area contributed by atoms with Crippen molar-refractivity contribution >= 4 is 5.97 Å². The van der Waals surface area contributed by atoms with E-state index in [2.05, 4.69) is 53.7 Å². The summed E-state index contributed by atoms with van der Waals surface area (Å²) >= 11 is 0. The van der Waals surface area contributed by atoms with Crippen LogP contribution in [0, 0.1) is 0 Å². The van der Waals surface area contributed by atoms with Gasteiger partial charge >= 0.3 is 5.97 Å². The van der Waals surface area contributed by atoms with Gasteiger partial charge in [-0.05, 0) is 16.4 Å². The lowest BCUT2D eigenvalue weighted by atomic mass is 9.77. The van der Waals surface area contributed by atoms with Crippen LogP contribution in [0.5, 0.6) is 5.75 Å². The van der Waals surface area contributed by atoms with Crippen LogP contribution in [0.25, 0.3) is 0 Å². The Morgan fingerprint density at radius 2 is 1.82 bits per heavy atom. The Labute approximate surface area is 134 Å². The average Bonchev–Trinajstić information content (AvgIpc) is 2.78. The third kappa shape index (κ3) is 3.29. The fourth-order valence-corrected chi connectivity index (χ4v) is 2.83. The quantitative estimate of drug-likeness (QED) is 0.763. The molecule has 1 aromatic carbocycles. The van der Waals surface area contributed by atoms with Gasteiger partial charge in [-0.2, -0.15) is 0 Å². The van der Waals surface area contributed by atoms with Crippen molar-refractivity contribution in [1.29, 1.82) is 0 Å². The summed E-state index contributed by atoms with van der Waals surface area (Å²) in [5.41, 5.74) is 3.74. The number of fused-ring (bicyclic) bond motifs is 1.